The van der Waals surface area contributed by atoms with Crippen molar-refractivity contribution in [2.24, 2.45) is 5.10 Å². The molecule has 1 fully saturated rings. The highest BCUT2D eigenvalue weighted by atomic mass is 16.5. The predicted molar refractivity (Wildman–Crippen MR) is 107 cm³/mol. The third kappa shape index (κ3) is 5.00. The van der Waals surface area contributed by atoms with Gasteiger partial charge in [0.1, 0.15) is 11.5 Å². The van der Waals surface area contributed by atoms with Gasteiger partial charge in [-0.15, -0.1) is 0 Å². The molecule has 27 heavy (non-hydrogen) atoms. The maximum atomic E-state index is 12.3. The average molecular weight is 367 g/mol. The molecule has 1 amide bonds. The molecule has 1 heterocycles. The van der Waals surface area contributed by atoms with E-state index in [1.165, 1.54) is 24.9 Å². The van der Waals surface area contributed by atoms with Gasteiger partial charge < -0.3 is 14.4 Å². The summed E-state index contributed by atoms with van der Waals surface area (Å²) in [4.78, 5) is 14.7. The Morgan fingerprint density at radius 1 is 1.00 bits per heavy atom. The van der Waals surface area contributed by atoms with Crippen LogP contribution in [0.15, 0.2) is 47.6 Å². The minimum absolute atomic E-state index is 0.326. The zero-order chi connectivity index (χ0) is 19.1. The number of nitrogens with one attached hydrogen (secondary N) is 1. The molecule has 0 spiro atoms. The van der Waals surface area contributed by atoms with Gasteiger partial charge in [-0.05, 0) is 49.1 Å². The minimum Gasteiger partial charge on any atom is -0.497 e. The monoisotopic (exact) mass is 367 g/mol. The van der Waals surface area contributed by atoms with Crippen LogP contribution in [0.3, 0.4) is 0 Å². The van der Waals surface area contributed by atoms with Gasteiger partial charge in [0.2, 0.25) is 0 Å². The van der Waals surface area contributed by atoms with Crippen LogP contribution in [0, 0.1) is 0 Å². The number of ether oxygens (including phenoxy) is 2. The Bertz CT molecular complexity index is 775. The van der Waals surface area contributed by atoms with Gasteiger partial charge in [-0.1, -0.05) is 12.1 Å². The fraction of sp³-hybridized carbons (Fsp3) is 0.333. The first-order chi connectivity index (χ1) is 13.2. The third-order valence-electron chi connectivity index (χ3n) is 4.61. The van der Waals surface area contributed by atoms with E-state index in [1.54, 1.807) is 38.6 Å². The van der Waals surface area contributed by atoms with Gasteiger partial charge in [0, 0.05) is 30.4 Å². The van der Waals surface area contributed by atoms with Crippen molar-refractivity contribution in [2.75, 3.05) is 32.2 Å². The second-order valence-electron chi connectivity index (χ2n) is 6.44. The number of rotatable bonds is 6. The Morgan fingerprint density at radius 3 is 2.22 bits per heavy atom. The molecule has 2 aromatic carbocycles. The maximum Gasteiger partial charge on any atom is 0.271 e. The Hall–Kier alpha value is -3.02. The lowest BCUT2D eigenvalue weighted by Gasteiger charge is -2.28. The Morgan fingerprint density at radius 2 is 1.63 bits per heavy atom. The highest BCUT2D eigenvalue weighted by molar-refractivity contribution is 5.95. The van der Waals surface area contributed by atoms with E-state index in [4.69, 9.17) is 9.47 Å². The summed E-state index contributed by atoms with van der Waals surface area (Å²) in [5.74, 6) is 0.780. The number of nitrogens with zero attached hydrogens (tertiary/aromatic N) is 2. The molecule has 0 bridgehead atoms. The number of hydrogen-bond donors (Lipinski definition) is 1. The fourth-order valence-corrected chi connectivity index (χ4v) is 3.09. The van der Waals surface area contributed by atoms with Crippen LogP contribution in [0.5, 0.6) is 11.5 Å². The van der Waals surface area contributed by atoms with Crippen molar-refractivity contribution in [2.45, 2.75) is 19.3 Å². The van der Waals surface area contributed by atoms with Gasteiger partial charge in [0.05, 0.1) is 20.4 Å². The lowest BCUT2D eigenvalue weighted by atomic mass is 10.1. The molecule has 0 atom stereocenters. The molecule has 3 rings (SSSR count). The molecule has 0 saturated carbocycles. The fourth-order valence-electron chi connectivity index (χ4n) is 3.09. The topological polar surface area (TPSA) is 63.2 Å². The molecule has 0 radical (unpaired) electrons. The number of hydrazone groups is 1. The molecule has 1 aliphatic heterocycles. The molecule has 2 aromatic rings. The van der Waals surface area contributed by atoms with Crippen molar-refractivity contribution in [1.29, 1.82) is 0 Å². The molecule has 1 N–H and O–H groups in total. The summed E-state index contributed by atoms with van der Waals surface area (Å²) in [7, 11) is 3.09. The minimum atomic E-state index is -0.326. The van der Waals surface area contributed by atoms with Crippen molar-refractivity contribution >= 4 is 17.8 Å². The van der Waals surface area contributed by atoms with E-state index < -0.39 is 0 Å². The van der Waals surface area contributed by atoms with Crippen molar-refractivity contribution in [1.82, 2.24) is 5.43 Å². The van der Waals surface area contributed by atoms with Crippen molar-refractivity contribution in [3.63, 3.8) is 0 Å². The summed E-state index contributed by atoms with van der Waals surface area (Å²) in [5, 5.41) is 4.05. The molecular weight excluding hydrogens is 342 g/mol. The quantitative estimate of drug-likeness (QED) is 0.627. The second-order valence-corrected chi connectivity index (χ2v) is 6.44. The number of carbonyl (C=O) groups excluding carboxylic acids is 1. The summed E-state index contributed by atoms with van der Waals surface area (Å²) < 4.78 is 10.4. The van der Waals surface area contributed by atoms with Crippen LogP contribution in [0.4, 0.5) is 5.69 Å². The summed E-state index contributed by atoms with van der Waals surface area (Å²) in [6, 6.07) is 13.2. The molecule has 1 aliphatic rings. The van der Waals surface area contributed by atoms with Crippen molar-refractivity contribution < 1.29 is 14.3 Å². The lowest BCUT2D eigenvalue weighted by Crippen LogP contribution is -2.29. The van der Waals surface area contributed by atoms with Gasteiger partial charge in [-0.25, -0.2) is 5.43 Å². The number of benzene rings is 2. The largest absolute Gasteiger partial charge is 0.497 e. The maximum absolute atomic E-state index is 12.3. The van der Waals surface area contributed by atoms with E-state index >= 15 is 0 Å². The first kappa shape index (κ1) is 18.8. The van der Waals surface area contributed by atoms with Crippen molar-refractivity contribution in [3.05, 3.63) is 53.6 Å². The molecule has 0 aromatic heterocycles. The van der Waals surface area contributed by atoms with E-state index in [1.807, 2.05) is 12.1 Å². The standard InChI is InChI=1S/C21H25N3O3/c1-26-19-12-17(13-20(14-19)27-2)21(25)23-22-15-16-6-8-18(9-7-16)24-10-4-3-5-11-24/h6-9,12-15H,3-5,10-11H2,1-2H3,(H,23,25). The molecule has 142 valence electrons. The highest BCUT2D eigenvalue weighted by Crippen LogP contribution is 2.22. The zero-order valence-electron chi connectivity index (χ0n) is 15.8. The number of amides is 1. The summed E-state index contributed by atoms with van der Waals surface area (Å²) in [6.07, 6.45) is 5.46. The molecule has 6 nitrogen and oxygen atoms in total. The molecule has 1 saturated heterocycles. The van der Waals surface area contributed by atoms with Crippen LogP contribution in [0.25, 0.3) is 0 Å². The number of piperidine rings is 1. The zero-order valence-corrected chi connectivity index (χ0v) is 15.8. The summed E-state index contributed by atoms with van der Waals surface area (Å²) >= 11 is 0. The Kier molecular flexibility index (Phi) is 6.30. The first-order valence-corrected chi connectivity index (χ1v) is 9.11. The second kappa shape index (κ2) is 9.07. The Labute approximate surface area is 159 Å². The van der Waals surface area contributed by atoms with Crippen LogP contribution in [-0.4, -0.2) is 39.4 Å². The number of anilines is 1. The lowest BCUT2D eigenvalue weighted by molar-refractivity contribution is 0.0954. The van der Waals surface area contributed by atoms with E-state index in [0.717, 1.165) is 18.7 Å². The van der Waals surface area contributed by atoms with Gasteiger partial charge in [0.15, 0.2) is 0 Å². The molecular formula is C21H25N3O3. The SMILES string of the molecule is COc1cc(OC)cc(C(=O)NN=Cc2ccc(N3CCCCC3)cc2)c1. The first-order valence-electron chi connectivity index (χ1n) is 9.11. The van der Waals surface area contributed by atoms with E-state index in [2.05, 4.69) is 27.6 Å². The normalized spacial score (nSPS) is 14.2. The van der Waals surface area contributed by atoms with Gasteiger partial charge in [-0.2, -0.15) is 5.10 Å². The van der Waals surface area contributed by atoms with Crippen LogP contribution in [0.2, 0.25) is 0 Å². The Balaban J connectivity index is 1.60. The number of methoxy groups -OCH3 is 2. The highest BCUT2D eigenvalue weighted by Gasteiger charge is 2.11. The van der Waals surface area contributed by atoms with Crippen LogP contribution < -0.4 is 19.8 Å². The van der Waals surface area contributed by atoms with Gasteiger partial charge >= 0.3 is 0 Å². The summed E-state index contributed by atoms with van der Waals surface area (Å²) in [6.45, 7) is 2.24. The van der Waals surface area contributed by atoms with Gasteiger partial charge in [-0.3, -0.25) is 4.79 Å². The molecule has 0 aliphatic carbocycles. The van der Waals surface area contributed by atoms with Crippen molar-refractivity contribution in [3.8, 4) is 11.5 Å². The van der Waals surface area contributed by atoms with E-state index in [0.29, 0.717) is 17.1 Å². The smallest absolute Gasteiger partial charge is 0.271 e. The summed E-state index contributed by atoms with van der Waals surface area (Å²) in [5.41, 5.74) is 5.12. The third-order valence-corrected chi connectivity index (χ3v) is 4.61. The van der Waals surface area contributed by atoms with Crippen LogP contribution >= 0.6 is 0 Å². The van der Waals surface area contributed by atoms with Crippen LogP contribution in [-0.2, 0) is 0 Å². The number of hydrogen-bond acceptors (Lipinski definition) is 5. The van der Waals surface area contributed by atoms with E-state index in [9.17, 15) is 4.79 Å². The molecule has 6 heteroatoms. The van der Waals surface area contributed by atoms with E-state index in [-0.39, 0.29) is 5.91 Å². The molecule has 0 unspecified atom stereocenters. The average Bonchev–Trinajstić information content (AvgIpc) is 2.74. The number of carbonyl (C=O) groups is 1. The van der Waals surface area contributed by atoms with Crippen LogP contribution in [0.1, 0.15) is 35.2 Å². The predicted octanol–water partition coefficient (Wildman–Crippen LogP) is 3.46. The van der Waals surface area contributed by atoms with Gasteiger partial charge in [0.25, 0.3) is 5.91 Å².